The van der Waals surface area contributed by atoms with Crippen LogP contribution in [0.25, 0.3) is 0 Å². The van der Waals surface area contributed by atoms with Crippen molar-refractivity contribution in [2.45, 2.75) is 33.6 Å². The molecule has 1 aliphatic rings. The van der Waals surface area contributed by atoms with Gasteiger partial charge in [-0.2, -0.15) is 0 Å². The first-order chi connectivity index (χ1) is 11.0. The molecule has 0 saturated carbocycles. The normalized spacial score (nSPS) is 14.5. The number of amides is 2. The lowest BCUT2D eigenvalue weighted by atomic mass is 9.77. The van der Waals surface area contributed by atoms with Crippen LogP contribution in [0.1, 0.15) is 33.6 Å². The van der Waals surface area contributed by atoms with Gasteiger partial charge in [-0.05, 0) is 24.8 Å². The number of hydrogen-bond donors (Lipinski definition) is 4. The molecule has 1 rings (SSSR count). The van der Waals surface area contributed by atoms with Gasteiger partial charge >= 0.3 is 12.2 Å². The maximum Gasteiger partial charge on any atom is 0.404 e. The first-order valence-electron chi connectivity index (χ1n) is 7.39. The van der Waals surface area contributed by atoms with E-state index in [4.69, 9.17) is 10.2 Å². The second kappa shape index (κ2) is 12.9. The van der Waals surface area contributed by atoms with Gasteiger partial charge < -0.3 is 20.8 Å². The van der Waals surface area contributed by atoms with Gasteiger partial charge in [-0.15, -0.1) is 13.2 Å². The molecule has 0 bridgehead atoms. The summed E-state index contributed by atoms with van der Waals surface area (Å²) in [7, 11) is 0. The number of carboxylic acid groups (broad SMARTS) is 2. The van der Waals surface area contributed by atoms with E-state index in [1.165, 1.54) is 17.7 Å². The Balaban J connectivity index is 0. The number of allylic oxidation sites excluding steroid dienone is 2. The molecule has 7 nitrogen and oxygen atoms in total. The lowest BCUT2D eigenvalue weighted by Crippen LogP contribution is -2.20. The van der Waals surface area contributed by atoms with E-state index in [-0.39, 0.29) is 11.2 Å². The number of ketones is 1. The second-order valence-corrected chi connectivity index (χ2v) is 5.92. The summed E-state index contributed by atoms with van der Waals surface area (Å²) in [6, 6.07) is 0. The summed E-state index contributed by atoms with van der Waals surface area (Å²) < 4.78 is 0. The minimum atomic E-state index is -1.01. The van der Waals surface area contributed by atoms with Gasteiger partial charge in [-0.25, -0.2) is 9.59 Å². The predicted octanol–water partition coefficient (Wildman–Crippen LogP) is 3.20. The molecule has 4 N–H and O–H groups in total. The molecule has 0 heterocycles. The van der Waals surface area contributed by atoms with Crippen LogP contribution in [-0.4, -0.2) is 41.3 Å². The van der Waals surface area contributed by atoms with Gasteiger partial charge in [0.05, 0.1) is 0 Å². The molecule has 24 heavy (non-hydrogen) atoms. The summed E-state index contributed by atoms with van der Waals surface area (Å²) in [6.45, 7) is 13.6. The molecule has 7 heteroatoms. The van der Waals surface area contributed by atoms with Gasteiger partial charge in [0.1, 0.15) is 0 Å². The van der Waals surface area contributed by atoms with Crippen LogP contribution in [0.3, 0.4) is 0 Å². The quantitative estimate of drug-likeness (QED) is 0.587. The summed E-state index contributed by atoms with van der Waals surface area (Å²) >= 11 is 0. The maximum atomic E-state index is 11.0. The monoisotopic (exact) mass is 340 g/mol. The van der Waals surface area contributed by atoms with E-state index in [9.17, 15) is 14.4 Å². The molecule has 0 atom stereocenters. The van der Waals surface area contributed by atoms with Gasteiger partial charge in [-0.3, -0.25) is 4.79 Å². The summed E-state index contributed by atoms with van der Waals surface area (Å²) in [4.78, 5) is 30.2. The van der Waals surface area contributed by atoms with E-state index < -0.39 is 12.2 Å². The van der Waals surface area contributed by atoms with Crippen LogP contribution in [-0.2, 0) is 4.79 Å². The number of carbonyl (C=O) groups excluding carboxylic acids is 1. The first kappa shape index (κ1) is 23.7. The molecule has 0 spiro atoms. The fourth-order valence-electron chi connectivity index (χ4n) is 1.98. The van der Waals surface area contributed by atoms with Crippen LogP contribution in [0.4, 0.5) is 9.59 Å². The lowest BCUT2D eigenvalue weighted by molar-refractivity contribution is -0.117. The average Bonchev–Trinajstić information content (AvgIpc) is 2.41. The van der Waals surface area contributed by atoms with Crippen LogP contribution < -0.4 is 10.6 Å². The van der Waals surface area contributed by atoms with E-state index in [1.807, 2.05) is 6.92 Å². The lowest BCUT2D eigenvalue weighted by Gasteiger charge is -2.27. The molecule has 0 unspecified atom stereocenters. The highest BCUT2D eigenvalue weighted by Crippen LogP contribution is 2.32. The highest BCUT2D eigenvalue weighted by molar-refractivity contribution is 5.91. The van der Waals surface area contributed by atoms with Crippen LogP contribution in [0.5, 0.6) is 0 Å². The van der Waals surface area contributed by atoms with Crippen molar-refractivity contribution in [1.82, 2.24) is 10.6 Å². The smallest absolute Gasteiger partial charge is 0.404 e. The topological polar surface area (TPSA) is 116 Å². The largest absolute Gasteiger partial charge is 0.465 e. The predicted molar refractivity (Wildman–Crippen MR) is 94.2 cm³/mol. The van der Waals surface area contributed by atoms with Crippen LogP contribution in [0, 0.1) is 5.41 Å². The van der Waals surface area contributed by atoms with Crippen molar-refractivity contribution in [1.29, 1.82) is 0 Å². The molecule has 0 aromatic rings. The van der Waals surface area contributed by atoms with Gasteiger partial charge in [0.25, 0.3) is 0 Å². The highest BCUT2D eigenvalue weighted by atomic mass is 16.4. The van der Waals surface area contributed by atoms with Crippen molar-refractivity contribution in [3.63, 3.8) is 0 Å². The Hall–Kier alpha value is -2.57. The molecule has 2 amide bonds. The van der Waals surface area contributed by atoms with Gasteiger partial charge in [0.15, 0.2) is 5.78 Å². The Morgan fingerprint density at radius 1 is 1.12 bits per heavy atom. The zero-order chi connectivity index (χ0) is 19.2. The minimum Gasteiger partial charge on any atom is -0.465 e. The summed E-state index contributed by atoms with van der Waals surface area (Å²) in [5, 5.41) is 20.0. The van der Waals surface area contributed by atoms with Crippen LogP contribution >= 0.6 is 0 Å². The van der Waals surface area contributed by atoms with E-state index in [0.29, 0.717) is 19.5 Å². The Morgan fingerprint density at radius 2 is 1.54 bits per heavy atom. The van der Waals surface area contributed by atoms with Crippen molar-refractivity contribution >= 4 is 18.0 Å². The van der Waals surface area contributed by atoms with Crippen molar-refractivity contribution in [3.8, 4) is 0 Å². The van der Waals surface area contributed by atoms with Crippen molar-refractivity contribution in [2.24, 2.45) is 5.41 Å². The fraction of sp³-hybridized carbons (Fsp3) is 0.471. The van der Waals surface area contributed by atoms with E-state index >= 15 is 0 Å². The number of carbonyl (C=O) groups is 3. The zero-order valence-corrected chi connectivity index (χ0v) is 14.6. The third-order valence-electron chi connectivity index (χ3n) is 2.61. The summed E-state index contributed by atoms with van der Waals surface area (Å²) in [5.74, 6) is 0.286. The molecule has 0 saturated heterocycles. The molecule has 0 aromatic carbocycles. The molecular weight excluding hydrogens is 312 g/mol. The zero-order valence-electron chi connectivity index (χ0n) is 14.6. The molecule has 0 radical (unpaired) electrons. The van der Waals surface area contributed by atoms with Gasteiger partial charge in [-0.1, -0.05) is 31.6 Å². The van der Waals surface area contributed by atoms with Crippen molar-refractivity contribution in [3.05, 3.63) is 37.0 Å². The standard InChI is InChI=1S/C9H14O.2C4H7NO2/c1-7-4-8(10)6-9(2,3)5-7;2*1-2-3-5-4(6)7/h4H,5-6H2,1-3H3;2*2,5H,1,3H2,(H,6,7). The molecule has 0 aliphatic heterocycles. The van der Waals surface area contributed by atoms with E-state index in [0.717, 1.165) is 6.42 Å². The third-order valence-corrected chi connectivity index (χ3v) is 2.61. The molecular formula is C17H28N2O5. The first-order valence-corrected chi connectivity index (χ1v) is 7.39. The number of rotatable bonds is 4. The van der Waals surface area contributed by atoms with E-state index in [2.05, 4.69) is 37.6 Å². The number of hydrogen-bond acceptors (Lipinski definition) is 3. The van der Waals surface area contributed by atoms with Gasteiger partial charge in [0, 0.05) is 19.5 Å². The fourth-order valence-corrected chi connectivity index (χ4v) is 1.98. The average molecular weight is 340 g/mol. The number of nitrogens with one attached hydrogen (secondary N) is 2. The maximum absolute atomic E-state index is 11.0. The Bertz CT molecular complexity index is 459. The second-order valence-electron chi connectivity index (χ2n) is 5.92. The Kier molecular flexibility index (Phi) is 12.8. The molecule has 1 aliphatic carbocycles. The van der Waals surface area contributed by atoms with Crippen molar-refractivity contribution < 1.29 is 24.6 Å². The van der Waals surface area contributed by atoms with E-state index in [1.54, 1.807) is 6.08 Å². The summed E-state index contributed by atoms with van der Waals surface area (Å²) in [6.07, 6.45) is 4.48. The van der Waals surface area contributed by atoms with Crippen molar-refractivity contribution in [2.75, 3.05) is 13.1 Å². The Morgan fingerprint density at radius 3 is 1.75 bits per heavy atom. The van der Waals surface area contributed by atoms with Crippen LogP contribution in [0.15, 0.2) is 37.0 Å². The molecule has 0 fully saturated rings. The minimum absolute atomic E-state index is 0.204. The summed E-state index contributed by atoms with van der Waals surface area (Å²) in [5.41, 5.74) is 1.43. The molecule has 136 valence electrons. The Labute approximate surface area is 143 Å². The third kappa shape index (κ3) is 17.5. The van der Waals surface area contributed by atoms with Crippen LogP contribution in [0.2, 0.25) is 0 Å². The molecule has 0 aromatic heterocycles. The highest BCUT2D eigenvalue weighted by Gasteiger charge is 2.25. The van der Waals surface area contributed by atoms with Gasteiger partial charge in [0.2, 0.25) is 0 Å². The SMILES string of the molecule is C=CCNC(=O)O.C=CCNC(=O)O.CC1=CC(=O)CC(C)(C)C1.